The van der Waals surface area contributed by atoms with Gasteiger partial charge in [0, 0.05) is 11.4 Å². The first-order valence-corrected chi connectivity index (χ1v) is 7.10. The minimum Gasteiger partial charge on any atom is -0.447 e. The summed E-state index contributed by atoms with van der Waals surface area (Å²) >= 11 is 5.81. The van der Waals surface area contributed by atoms with E-state index in [4.69, 9.17) is 16.3 Å². The highest BCUT2D eigenvalue weighted by Crippen LogP contribution is 2.21. The molecule has 1 aromatic rings. The molecule has 0 aliphatic carbocycles. The quantitative estimate of drug-likeness (QED) is 0.856. The normalized spacial score (nSPS) is 18.5. The number of aryl methyl sites for hydroxylation is 1. The van der Waals surface area contributed by atoms with Crippen LogP contribution in [-0.2, 0) is 16.0 Å². The molecule has 2 rings (SSSR count). The van der Waals surface area contributed by atoms with E-state index in [1.54, 1.807) is 12.1 Å². The number of benzene rings is 1. The zero-order valence-electron chi connectivity index (χ0n) is 11.6. The largest absolute Gasteiger partial charge is 0.447 e. The van der Waals surface area contributed by atoms with E-state index in [2.05, 4.69) is 0 Å². The summed E-state index contributed by atoms with van der Waals surface area (Å²) in [6.07, 6.45) is 0.356. The van der Waals surface area contributed by atoms with Gasteiger partial charge < -0.3 is 4.74 Å². The Morgan fingerprint density at radius 3 is 2.65 bits per heavy atom. The summed E-state index contributed by atoms with van der Waals surface area (Å²) in [6, 6.07) is 7.21. The van der Waals surface area contributed by atoms with Crippen molar-refractivity contribution in [3.8, 4) is 0 Å². The van der Waals surface area contributed by atoms with Gasteiger partial charge in [0.2, 0.25) is 5.91 Å². The average molecular weight is 296 g/mol. The lowest BCUT2D eigenvalue weighted by Gasteiger charge is -2.22. The molecule has 1 aliphatic heterocycles. The summed E-state index contributed by atoms with van der Waals surface area (Å²) in [4.78, 5) is 25.1. The van der Waals surface area contributed by atoms with Crippen LogP contribution in [0.15, 0.2) is 24.3 Å². The van der Waals surface area contributed by atoms with E-state index in [1.165, 1.54) is 4.90 Å². The zero-order valence-corrected chi connectivity index (χ0v) is 12.4. The molecule has 0 saturated carbocycles. The fourth-order valence-corrected chi connectivity index (χ4v) is 2.36. The number of rotatable bonds is 4. The van der Waals surface area contributed by atoms with E-state index in [1.807, 2.05) is 26.0 Å². The molecule has 1 aliphatic rings. The Hall–Kier alpha value is -1.55. The van der Waals surface area contributed by atoms with Gasteiger partial charge in [0.05, 0.1) is 6.04 Å². The second-order valence-electron chi connectivity index (χ2n) is 5.28. The molecule has 1 heterocycles. The Balaban J connectivity index is 1.97. The lowest BCUT2D eigenvalue weighted by atomic mass is 10.0. The molecule has 0 aromatic heterocycles. The number of nitrogens with zero attached hydrogens (tertiary/aromatic N) is 1. The topological polar surface area (TPSA) is 46.6 Å². The van der Waals surface area contributed by atoms with Crippen molar-refractivity contribution in [2.45, 2.75) is 32.7 Å². The maximum atomic E-state index is 12.2. The highest BCUT2D eigenvalue weighted by atomic mass is 35.5. The van der Waals surface area contributed by atoms with Crippen LogP contribution in [-0.4, -0.2) is 29.5 Å². The molecule has 5 heteroatoms. The van der Waals surface area contributed by atoms with Crippen LogP contribution in [0.1, 0.15) is 25.8 Å². The molecule has 1 saturated heterocycles. The molecule has 0 spiro atoms. The predicted octanol–water partition coefficient (Wildman–Crippen LogP) is 3.28. The SMILES string of the molecule is CC(C)[C@H]1COC(=O)N1C(=O)CCc1ccc(Cl)cc1. The molecular formula is C15H18ClNO3. The molecule has 2 amide bonds. The lowest BCUT2D eigenvalue weighted by molar-refractivity contribution is -0.129. The summed E-state index contributed by atoms with van der Waals surface area (Å²) in [5.74, 6) is 0.0158. The second kappa shape index (κ2) is 6.27. The average Bonchev–Trinajstić information content (AvgIpc) is 2.80. The summed E-state index contributed by atoms with van der Waals surface area (Å²) in [7, 11) is 0. The highest BCUT2D eigenvalue weighted by molar-refractivity contribution is 6.30. The highest BCUT2D eigenvalue weighted by Gasteiger charge is 2.38. The maximum absolute atomic E-state index is 12.2. The third kappa shape index (κ3) is 3.31. The van der Waals surface area contributed by atoms with E-state index in [0.29, 0.717) is 24.5 Å². The van der Waals surface area contributed by atoms with Crippen LogP contribution in [0.3, 0.4) is 0 Å². The van der Waals surface area contributed by atoms with Gasteiger partial charge in [0.25, 0.3) is 0 Å². The molecule has 1 atom stereocenters. The molecule has 0 unspecified atom stereocenters. The van der Waals surface area contributed by atoms with Crippen molar-refractivity contribution in [1.82, 2.24) is 4.90 Å². The number of hydrogen-bond acceptors (Lipinski definition) is 3. The summed E-state index contributed by atoms with van der Waals surface area (Å²) in [5, 5.41) is 0.670. The minimum atomic E-state index is -0.523. The summed E-state index contributed by atoms with van der Waals surface area (Å²) in [6.45, 7) is 4.25. The number of hydrogen-bond donors (Lipinski definition) is 0. The Labute approximate surface area is 123 Å². The van der Waals surface area contributed by atoms with Crippen molar-refractivity contribution >= 4 is 23.6 Å². The molecular weight excluding hydrogens is 278 g/mol. The number of cyclic esters (lactones) is 1. The standard InChI is InChI=1S/C15H18ClNO3/c1-10(2)13-9-20-15(19)17(13)14(18)8-5-11-3-6-12(16)7-4-11/h3-4,6-7,10,13H,5,8-9H2,1-2H3/t13-/m1/s1. The van der Waals surface area contributed by atoms with Crippen LogP contribution in [0, 0.1) is 5.92 Å². The van der Waals surface area contributed by atoms with Crippen LogP contribution in [0.4, 0.5) is 4.79 Å². The Morgan fingerprint density at radius 2 is 2.05 bits per heavy atom. The van der Waals surface area contributed by atoms with Gasteiger partial charge in [0.1, 0.15) is 6.61 Å². The predicted molar refractivity (Wildman–Crippen MR) is 76.6 cm³/mol. The number of imide groups is 1. The Morgan fingerprint density at radius 1 is 1.40 bits per heavy atom. The van der Waals surface area contributed by atoms with Crippen molar-refractivity contribution in [1.29, 1.82) is 0 Å². The smallest absolute Gasteiger partial charge is 0.416 e. The summed E-state index contributed by atoms with van der Waals surface area (Å²) in [5.41, 5.74) is 1.02. The van der Waals surface area contributed by atoms with Crippen molar-refractivity contribution in [2.24, 2.45) is 5.92 Å². The van der Waals surface area contributed by atoms with E-state index < -0.39 is 6.09 Å². The Kier molecular flexibility index (Phi) is 4.65. The fourth-order valence-electron chi connectivity index (χ4n) is 2.24. The van der Waals surface area contributed by atoms with Crippen molar-refractivity contribution < 1.29 is 14.3 Å². The third-order valence-corrected chi connectivity index (χ3v) is 3.74. The number of carbonyl (C=O) groups excluding carboxylic acids is 2. The van der Waals surface area contributed by atoms with Crippen LogP contribution >= 0.6 is 11.6 Å². The van der Waals surface area contributed by atoms with Crippen LogP contribution < -0.4 is 0 Å². The molecule has 0 radical (unpaired) electrons. The fraction of sp³-hybridized carbons (Fsp3) is 0.467. The lowest BCUT2D eigenvalue weighted by Crippen LogP contribution is -2.41. The van der Waals surface area contributed by atoms with Crippen molar-refractivity contribution in [3.05, 3.63) is 34.9 Å². The monoisotopic (exact) mass is 295 g/mol. The molecule has 0 bridgehead atoms. The first kappa shape index (κ1) is 14.9. The number of ether oxygens (including phenoxy) is 1. The molecule has 1 aromatic carbocycles. The Bertz CT molecular complexity index is 498. The van der Waals surface area contributed by atoms with Gasteiger partial charge in [-0.3, -0.25) is 4.79 Å². The van der Waals surface area contributed by atoms with Crippen LogP contribution in [0.25, 0.3) is 0 Å². The van der Waals surface area contributed by atoms with Gasteiger partial charge in [-0.15, -0.1) is 0 Å². The van der Waals surface area contributed by atoms with E-state index >= 15 is 0 Å². The third-order valence-electron chi connectivity index (χ3n) is 3.48. The second-order valence-corrected chi connectivity index (χ2v) is 5.71. The number of halogens is 1. The molecule has 108 valence electrons. The van der Waals surface area contributed by atoms with Crippen molar-refractivity contribution in [2.75, 3.05) is 6.61 Å². The molecule has 1 fully saturated rings. The maximum Gasteiger partial charge on any atom is 0.416 e. The van der Waals surface area contributed by atoms with E-state index in [-0.39, 0.29) is 17.9 Å². The van der Waals surface area contributed by atoms with Gasteiger partial charge in [-0.25, -0.2) is 9.69 Å². The molecule has 4 nitrogen and oxygen atoms in total. The van der Waals surface area contributed by atoms with E-state index in [9.17, 15) is 9.59 Å². The zero-order chi connectivity index (χ0) is 14.7. The van der Waals surface area contributed by atoms with Gasteiger partial charge >= 0.3 is 6.09 Å². The first-order chi connectivity index (χ1) is 9.49. The van der Waals surface area contributed by atoms with Gasteiger partial charge in [-0.1, -0.05) is 37.6 Å². The first-order valence-electron chi connectivity index (χ1n) is 6.72. The van der Waals surface area contributed by atoms with E-state index in [0.717, 1.165) is 5.56 Å². The van der Waals surface area contributed by atoms with Gasteiger partial charge in [-0.05, 0) is 30.0 Å². The van der Waals surface area contributed by atoms with Gasteiger partial charge in [0.15, 0.2) is 0 Å². The minimum absolute atomic E-state index is 0.153. The summed E-state index contributed by atoms with van der Waals surface area (Å²) < 4.78 is 4.98. The van der Waals surface area contributed by atoms with Crippen LogP contribution in [0.5, 0.6) is 0 Å². The molecule has 20 heavy (non-hydrogen) atoms. The number of amides is 2. The van der Waals surface area contributed by atoms with Crippen molar-refractivity contribution in [3.63, 3.8) is 0 Å². The van der Waals surface area contributed by atoms with Gasteiger partial charge in [-0.2, -0.15) is 0 Å². The molecule has 0 N–H and O–H groups in total. The van der Waals surface area contributed by atoms with Crippen LogP contribution in [0.2, 0.25) is 5.02 Å². The number of carbonyl (C=O) groups is 2.